The molecule has 1 unspecified atom stereocenters. The Kier molecular flexibility index (Phi) is 6.07. The first-order valence-corrected chi connectivity index (χ1v) is 13.1. The average Bonchev–Trinajstić information content (AvgIpc) is 3.22. The van der Waals surface area contributed by atoms with Crippen molar-refractivity contribution in [3.63, 3.8) is 0 Å². The summed E-state index contributed by atoms with van der Waals surface area (Å²) in [7, 11) is 8.15. The van der Waals surface area contributed by atoms with E-state index in [1.54, 1.807) is 6.20 Å². The molecule has 1 atom stereocenters. The zero-order valence-electron chi connectivity index (χ0n) is 23.0. The monoisotopic (exact) mass is 512 g/mol. The zero-order valence-corrected chi connectivity index (χ0v) is 23.0. The Labute approximate surface area is 230 Å². The summed E-state index contributed by atoms with van der Waals surface area (Å²) in [4.78, 5) is 13.5. The molecule has 0 amide bonds. The summed E-state index contributed by atoms with van der Waals surface area (Å²) in [5.74, 6) is 1.32. The fourth-order valence-corrected chi connectivity index (χ4v) is 5.51. The fourth-order valence-electron chi connectivity index (χ4n) is 5.51. The Bertz CT molecular complexity index is 1680. The van der Waals surface area contributed by atoms with Crippen LogP contribution >= 0.6 is 0 Å². The summed E-state index contributed by atoms with van der Waals surface area (Å²) in [6, 6.07) is 31.9. The third-order valence-corrected chi connectivity index (χ3v) is 7.71. The average molecular weight is 513 g/mol. The SMILES string of the molecule is CN(C)c1ccnc(Oc2cccc(-c3ccc4c(c3)C(C)(c3cc(N(C)C)ccn3)c3ccccc3-4)c2)c1. The summed E-state index contributed by atoms with van der Waals surface area (Å²) >= 11 is 0. The van der Waals surface area contributed by atoms with Crippen LogP contribution in [-0.4, -0.2) is 38.2 Å². The second-order valence-corrected chi connectivity index (χ2v) is 10.6. The molecule has 2 heterocycles. The van der Waals surface area contributed by atoms with Gasteiger partial charge in [-0.3, -0.25) is 4.98 Å². The Morgan fingerprint density at radius 3 is 2.10 bits per heavy atom. The number of aromatic nitrogens is 2. The molecule has 0 saturated heterocycles. The highest BCUT2D eigenvalue weighted by atomic mass is 16.5. The maximum Gasteiger partial charge on any atom is 0.221 e. The number of pyridine rings is 2. The molecule has 194 valence electrons. The van der Waals surface area contributed by atoms with Gasteiger partial charge in [0, 0.05) is 58.0 Å². The molecular formula is C34H32N4O. The van der Waals surface area contributed by atoms with Gasteiger partial charge in [-0.2, -0.15) is 0 Å². The molecule has 5 nitrogen and oxygen atoms in total. The number of nitrogens with zero attached hydrogens (tertiary/aromatic N) is 4. The standard InChI is InChI=1S/C34H32N4O/c1-34(32-21-25(37(2)3)15-17-35-32)30-12-7-6-11-28(30)29-14-13-24(20-31(29)34)23-9-8-10-27(19-23)39-33-22-26(38(4)5)16-18-36-33/h6-22H,1-5H3. The predicted molar refractivity (Wildman–Crippen MR) is 160 cm³/mol. The van der Waals surface area contributed by atoms with Crippen LogP contribution < -0.4 is 14.5 Å². The van der Waals surface area contributed by atoms with E-state index in [1.165, 1.54) is 22.3 Å². The van der Waals surface area contributed by atoms with Crippen molar-refractivity contribution in [1.29, 1.82) is 0 Å². The second kappa shape index (κ2) is 9.59. The van der Waals surface area contributed by atoms with Gasteiger partial charge in [-0.15, -0.1) is 0 Å². The molecule has 1 aliphatic rings. The zero-order chi connectivity index (χ0) is 27.1. The minimum atomic E-state index is -0.376. The van der Waals surface area contributed by atoms with Crippen LogP contribution in [0, 0.1) is 0 Å². The van der Waals surface area contributed by atoms with Gasteiger partial charge in [-0.25, -0.2) is 4.98 Å². The van der Waals surface area contributed by atoms with Gasteiger partial charge in [-0.1, -0.05) is 48.5 Å². The van der Waals surface area contributed by atoms with Crippen molar-refractivity contribution >= 4 is 11.4 Å². The van der Waals surface area contributed by atoms with Crippen LogP contribution in [-0.2, 0) is 5.41 Å². The van der Waals surface area contributed by atoms with Gasteiger partial charge < -0.3 is 14.5 Å². The number of ether oxygens (including phenoxy) is 1. The van der Waals surface area contributed by atoms with E-state index in [4.69, 9.17) is 9.72 Å². The summed E-state index contributed by atoms with van der Waals surface area (Å²) in [5, 5.41) is 0. The molecule has 1 aliphatic carbocycles. The lowest BCUT2D eigenvalue weighted by Crippen LogP contribution is -2.24. The van der Waals surface area contributed by atoms with E-state index < -0.39 is 0 Å². The molecule has 6 rings (SSSR count). The molecule has 0 fully saturated rings. The van der Waals surface area contributed by atoms with Gasteiger partial charge in [-0.05, 0) is 76.7 Å². The van der Waals surface area contributed by atoms with Gasteiger partial charge in [0.05, 0.1) is 11.1 Å². The molecule has 5 heteroatoms. The number of hydrogen-bond donors (Lipinski definition) is 0. The van der Waals surface area contributed by atoms with Crippen molar-refractivity contribution in [2.45, 2.75) is 12.3 Å². The summed E-state index contributed by atoms with van der Waals surface area (Å²) < 4.78 is 6.17. The Morgan fingerprint density at radius 1 is 0.615 bits per heavy atom. The van der Waals surface area contributed by atoms with Crippen LogP contribution in [0.2, 0.25) is 0 Å². The van der Waals surface area contributed by atoms with E-state index in [9.17, 15) is 0 Å². The Hall–Kier alpha value is -4.64. The van der Waals surface area contributed by atoms with Gasteiger partial charge >= 0.3 is 0 Å². The smallest absolute Gasteiger partial charge is 0.221 e. The molecular weight excluding hydrogens is 480 g/mol. The van der Waals surface area contributed by atoms with Crippen molar-refractivity contribution < 1.29 is 4.74 Å². The van der Waals surface area contributed by atoms with Crippen molar-refractivity contribution in [3.05, 3.63) is 120 Å². The van der Waals surface area contributed by atoms with Gasteiger partial charge in [0.25, 0.3) is 0 Å². The molecule has 5 aromatic rings. The summed E-state index contributed by atoms with van der Waals surface area (Å²) in [5.41, 5.74) is 10.1. The summed E-state index contributed by atoms with van der Waals surface area (Å²) in [6.45, 7) is 2.30. The minimum Gasteiger partial charge on any atom is -0.439 e. The number of benzene rings is 3. The molecule has 2 aromatic heterocycles. The second-order valence-electron chi connectivity index (χ2n) is 10.6. The molecule has 3 aromatic carbocycles. The number of hydrogen-bond acceptors (Lipinski definition) is 5. The third-order valence-electron chi connectivity index (χ3n) is 7.71. The summed E-state index contributed by atoms with van der Waals surface area (Å²) in [6.07, 6.45) is 3.69. The van der Waals surface area contributed by atoms with Crippen LogP contribution in [0.3, 0.4) is 0 Å². The first-order chi connectivity index (χ1) is 18.8. The van der Waals surface area contributed by atoms with Crippen molar-refractivity contribution in [1.82, 2.24) is 9.97 Å². The fraction of sp³-hybridized carbons (Fsp3) is 0.176. The van der Waals surface area contributed by atoms with E-state index in [0.717, 1.165) is 33.9 Å². The number of rotatable bonds is 6. The maximum absolute atomic E-state index is 6.17. The molecule has 0 spiro atoms. The highest BCUT2D eigenvalue weighted by Gasteiger charge is 2.42. The third kappa shape index (κ3) is 4.30. The van der Waals surface area contributed by atoms with Crippen molar-refractivity contribution in [3.8, 4) is 33.9 Å². The van der Waals surface area contributed by atoms with E-state index >= 15 is 0 Å². The number of anilines is 2. The maximum atomic E-state index is 6.17. The largest absolute Gasteiger partial charge is 0.439 e. The van der Waals surface area contributed by atoms with Crippen LogP contribution in [0.15, 0.2) is 103 Å². The minimum absolute atomic E-state index is 0.376. The Morgan fingerprint density at radius 2 is 1.31 bits per heavy atom. The molecule has 0 saturated carbocycles. The highest BCUT2D eigenvalue weighted by Crippen LogP contribution is 2.53. The Balaban J connectivity index is 1.43. The number of fused-ring (bicyclic) bond motifs is 3. The predicted octanol–water partition coefficient (Wildman–Crippen LogP) is 7.40. The lowest BCUT2D eigenvalue weighted by atomic mass is 9.76. The van der Waals surface area contributed by atoms with Crippen LogP contribution in [0.5, 0.6) is 11.6 Å². The van der Waals surface area contributed by atoms with Gasteiger partial charge in [0.2, 0.25) is 5.88 Å². The van der Waals surface area contributed by atoms with Gasteiger partial charge in [0.15, 0.2) is 0 Å². The van der Waals surface area contributed by atoms with E-state index in [1.807, 2.05) is 49.5 Å². The normalized spacial score (nSPS) is 15.4. The highest BCUT2D eigenvalue weighted by molar-refractivity contribution is 5.85. The van der Waals surface area contributed by atoms with Crippen molar-refractivity contribution in [2.24, 2.45) is 0 Å². The van der Waals surface area contributed by atoms with Gasteiger partial charge in [0.1, 0.15) is 5.75 Å². The van der Waals surface area contributed by atoms with Crippen LogP contribution in [0.25, 0.3) is 22.3 Å². The molecule has 0 aliphatic heterocycles. The lowest BCUT2D eigenvalue weighted by molar-refractivity contribution is 0.463. The topological polar surface area (TPSA) is 41.5 Å². The molecule has 39 heavy (non-hydrogen) atoms. The first kappa shape index (κ1) is 24.7. The van der Waals surface area contributed by atoms with Crippen molar-refractivity contribution in [2.75, 3.05) is 38.0 Å². The van der Waals surface area contributed by atoms with E-state index in [-0.39, 0.29) is 5.41 Å². The quantitative estimate of drug-likeness (QED) is 0.237. The van der Waals surface area contributed by atoms with Crippen LogP contribution in [0.4, 0.5) is 11.4 Å². The van der Waals surface area contributed by atoms with E-state index in [0.29, 0.717) is 5.88 Å². The van der Waals surface area contributed by atoms with Crippen LogP contribution in [0.1, 0.15) is 23.7 Å². The molecule has 0 bridgehead atoms. The molecule has 0 N–H and O–H groups in total. The lowest BCUT2D eigenvalue weighted by Gasteiger charge is -2.28. The van der Waals surface area contributed by atoms with E-state index in [2.05, 4.69) is 97.6 Å². The molecule has 0 radical (unpaired) electrons. The first-order valence-electron chi connectivity index (χ1n) is 13.1.